The lowest BCUT2D eigenvalue weighted by atomic mass is 10.1. The van der Waals surface area contributed by atoms with E-state index in [0.29, 0.717) is 15.5 Å². The van der Waals surface area contributed by atoms with Gasteiger partial charge in [-0.3, -0.25) is 19.8 Å². The third-order valence-corrected chi connectivity index (χ3v) is 6.25. The van der Waals surface area contributed by atoms with Gasteiger partial charge in [0.25, 0.3) is 11.8 Å². The molecule has 0 atom stereocenters. The van der Waals surface area contributed by atoms with Crippen molar-refractivity contribution < 1.29 is 18.8 Å². The van der Waals surface area contributed by atoms with E-state index in [0.717, 1.165) is 6.07 Å². The molecule has 0 saturated heterocycles. The normalized spacial score (nSPS) is 10.4. The van der Waals surface area contributed by atoms with Crippen molar-refractivity contribution in [1.82, 2.24) is 15.2 Å². The van der Waals surface area contributed by atoms with Crippen LogP contribution in [0.5, 0.6) is 0 Å². The van der Waals surface area contributed by atoms with Crippen LogP contribution in [0.1, 0.15) is 26.3 Å². The van der Waals surface area contributed by atoms with Crippen molar-refractivity contribution in [3.05, 3.63) is 82.3 Å². The van der Waals surface area contributed by atoms with Crippen molar-refractivity contribution in [2.45, 2.75) is 4.90 Å². The molecule has 0 saturated carbocycles. The Morgan fingerprint density at radius 2 is 1.76 bits per heavy atom. The second-order valence-electron chi connectivity index (χ2n) is 7.88. The maximum absolute atomic E-state index is 14.8. The van der Waals surface area contributed by atoms with Crippen molar-refractivity contribution in [1.29, 1.82) is 5.41 Å². The van der Waals surface area contributed by atoms with Crippen molar-refractivity contribution in [3.8, 4) is 0 Å². The number of hydrogen-bond acceptors (Lipinski definition) is 6. The molecule has 0 unspecified atom stereocenters. The average molecular weight is 543 g/mol. The number of carbonyl (C=O) groups is 3. The van der Waals surface area contributed by atoms with Gasteiger partial charge in [-0.25, -0.2) is 9.37 Å². The summed E-state index contributed by atoms with van der Waals surface area (Å²) < 4.78 is 14.8. The summed E-state index contributed by atoms with van der Waals surface area (Å²) in [6, 6.07) is 11.6. The van der Waals surface area contributed by atoms with E-state index < -0.39 is 17.6 Å². The summed E-state index contributed by atoms with van der Waals surface area (Å²) in [4.78, 5) is 43.8. The van der Waals surface area contributed by atoms with Gasteiger partial charge in [-0.15, -0.1) is 11.8 Å². The first-order chi connectivity index (χ1) is 17.6. The first-order valence-corrected chi connectivity index (χ1v) is 12.2. The molecule has 3 amide bonds. The van der Waals surface area contributed by atoms with Gasteiger partial charge in [0, 0.05) is 37.8 Å². The molecule has 3 rings (SSSR count). The third-order valence-electron chi connectivity index (χ3n) is 5.04. The number of nitrogens with zero attached hydrogens (tertiary/aromatic N) is 2. The van der Waals surface area contributed by atoms with E-state index in [9.17, 15) is 18.8 Å². The summed E-state index contributed by atoms with van der Waals surface area (Å²) in [6.07, 6.45) is 1.37. The van der Waals surface area contributed by atoms with E-state index in [1.807, 2.05) is 0 Å². The minimum Gasteiger partial charge on any atom is -0.363 e. The van der Waals surface area contributed by atoms with E-state index in [-0.39, 0.29) is 40.1 Å². The van der Waals surface area contributed by atoms with Crippen molar-refractivity contribution in [2.75, 3.05) is 37.5 Å². The lowest BCUT2D eigenvalue weighted by molar-refractivity contribution is -0.118. The highest BCUT2D eigenvalue weighted by Gasteiger charge is 2.19. The monoisotopic (exact) mass is 542 g/mol. The third kappa shape index (κ3) is 7.28. The number of rotatable bonds is 8. The molecule has 0 fully saturated rings. The largest absolute Gasteiger partial charge is 0.363 e. The lowest BCUT2D eigenvalue weighted by Gasteiger charge is -2.15. The van der Waals surface area contributed by atoms with Gasteiger partial charge in [0.15, 0.2) is 0 Å². The van der Waals surface area contributed by atoms with Crippen molar-refractivity contribution in [2.24, 2.45) is 0 Å². The summed E-state index contributed by atoms with van der Waals surface area (Å²) in [5, 5.41) is 16.1. The quantitative estimate of drug-likeness (QED) is 0.193. The smallest absolute Gasteiger partial charge is 0.258 e. The van der Waals surface area contributed by atoms with Crippen LogP contribution in [0.2, 0.25) is 5.02 Å². The molecule has 12 heteroatoms. The molecule has 37 heavy (non-hydrogen) atoms. The molecule has 9 nitrogen and oxygen atoms in total. The van der Waals surface area contributed by atoms with Gasteiger partial charge in [-0.2, -0.15) is 0 Å². The van der Waals surface area contributed by atoms with Gasteiger partial charge >= 0.3 is 0 Å². The first-order valence-electron chi connectivity index (χ1n) is 10.9. The predicted molar refractivity (Wildman–Crippen MR) is 143 cm³/mol. The first kappa shape index (κ1) is 27.6. The fourth-order valence-corrected chi connectivity index (χ4v) is 3.98. The number of aromatic nitrogens is 1. The van der Waals surface area contributed by atoms with Gasteiger partial charge in [-0.1, -0.05) is 17.7 Å². The van der Waals surface area contributed by atoms with Crippen LogP contribution in [-0.2, 0) is 4.79 Å². The molecule has 1 aromatic heterocycles. The number of nitrogens with one attached hydrogen (secondary N) is 4. The highest BCUT2D eigenvalue weighted by Crippen LogP contribution is 2.26. The second kappa shape index (κ2) is 12.3. The van der Waals surface area contributed by atoms with E-state index in [1.165, 1.54) is 60.2 Å². The zero-order chi connectivity index (χ0) is 27.1. The maximum Gasteiger partial charge on any atom is 0.258 e. The van der Waals surface area contributed by atoms with Gasteiger partial charge < -0.3 is 20.9 Å². The predicted octanol–water partition coefficient (Wildman–Crippen LogP) is 4.10. The van der Waals surface area contributed by atoms with Crippen LogP contribution in [-0.4, -0.2) is 60.3 Å². The highest BCUT2D eigenvalue weighted by molar-refractivity contribution is 8.00. The Bertz CT molecular complexity index is 1350. The Kier molecular flexibility index (Phi) is 9.20. The number of hydrogen-bond donors (Lipinski definition) is 4. The van der Waals surface area contributed by atoms with Gasteiger partial charge in [0.05, 0.1) is 27.6 Å². The topological polar surface area (TPSA) is 127 Å². The average Bonchev–Trinajstić information content (AvgIpc) is 2.88. The summed E-state index contributed by atoms with van der Waals surface area (Å²) >= 11 is 7.06. The number of benzene rings is 2. The minimum atomic E-state index is -0.810. The Labute approximate surface area is 222 Å². The number of anilines is 2. The summed E-state index contributed by atoms with van der Waals surface area (Å²) in [5.74, 6) is -1.91. The Hall–Kier alpha value is -3.96. The lowest BCUT2D eigenvalue weighted by Crippen LogP contribution is -2.23. The SMILES string of the molecule is CNC(=O)CSc1ccc(NC(=O)c2ccc(C(=N)N(C)C)cc2F)c(C(=O)Nc2ccc(Cl)cn2)c1. The second-order valence-corrected chi connectivity index (χ2v) is 9.36. The summed E-state index contributed by atoms with van der Waals surface area (Å²) in [7, 11) is 4.84. The molecule has 192 valence electrons. The van der Waals surface area contributed by atoms with E-state index in [2.05, 4.69) is 20.9 Å². The molecule has 2 aromatic carbocycles. The molecule has 0 aliphatic carbocycles. The van der Waals surface area contributed by atoms with Crippen LogP contribution in [0.3, 0.4) is 0 Å². The Morgan fingerprint density at radius 3 is 2.38 bits per heavy atom. The number of pyridine rings is 1. The molecule has 3 aromatic rings. The van der Waals surface area contributed by atoms with Crippen molar-refractivity contribution in [3.63, 3.8) is 0 Å². The highest BCUT2D eigenvalue weighted by atomic mass is 35.5. The van der Waals surface area contributed by atoms with Crippen LogP contribution >= 0.6 is 23.4 Å². The van der Waals surface area contributed by atoms with Crippen LogP contribution in [0.15, 0.2) is 59.6 Å². The van der Waals surface area contributed by atoms with Gasteiger partial charge in [0.1, 0.15) is 17.5 Å². The molecular formula is C25H24ClFN6O3S. The number of halogens is 2. The van der Waals surface area contributed by atoms with E-state index in [4.69, 9.17) is 17.0 Å². The van der Waals surface area contributed by atoms with Gasteiger partial charge in [0.2, 0.25) is 5.91 Å². The number of thioether (sulfide) groups is 1. The molecule has 0 aliphatic rings. The van der Waals surface area contributed by atoms with Crippen LogP contribution < -0.4 is 16.0 Å². The molecule has 4 N–H and O–H groups in total. The number of amides is 3. The molecule has 1 heterocycles. The fourth-order valence-electron chi connectivity index (χ4n) is 3.06. The molecular weight excluding hydrogens is 519 g/mol. The molecule has 0 radical (unpaired) electrons. The van der Waals surface area contributed by atoms with Crippen LogP contribution in [0, 0.1) is 11.2 Å². The van der Waals surface area contributed by atoms with Crippen LogP contribution in [0.4, 0.5) is 15.9 Å². The Morgan fingerprint density at radius 1 is 1.03 bits per heavy atom. The maximum atomic E-state index is 14.8. The number of carbonyl (C=O) groups excluding carboxylic acids is 3. The summed E-state index contributed by atoms with van der Waals surface area (Å²) in [5.41, 5.74) is 0.273. The zero-order valence-corrected chi connectivity index (χ0v) is 21.8. The minimum absolute atomic E-state index is 0.0819. The fraction of sp³-hybridized carbons (Fsp3) is 0.160. The molecule has 0 bridgehead atoms. The number of amidine groups is 1. The summed E-state index contributed by atoms with van der Waals surface area (Å²) in [6.45, 7) is 0. The molecule has 0 aliphatic heterocycles. The van der Waals surface area contributed by atoms with Gasteiger partial charge in [-0.05, 0) is 42.5 Å². The molecule has 0 spiro atoms. The standard InChI is InChI=1S/C25H24ClFN6O3S/c1-29-22(34)13-37-16-6-8-20(18(11-16)25(36)32-21-9-5-15(26)12-30-21)31-24(35)17-7-4-14(10-19(17)27)23(28)33(2)3/h4-12,28H,13H2,1-3H3,(H,29,34)(H,31,35)(H,30,32,36). The van der Waals surface area contributed by atoms with E-state index >= 15 is 0 Å². The van der Waals surface area contributed by atoms with E-state index in [1.54, 1.807) is 26.2 Å². The Balaban J connectivity index is 1.89. The van der Waals surface area contributed by atoms with Crippen molar-refractivity contribution >= 4 is 58.4 Å². The van der Waals surface area contributed by atoms with Crippen LogP contribution in [0.25, 0.3) is 0 Å². The zero-order valence-electron chi connectivity index (χ0n) is 20.2.